The van der Waals surface area contributed by atoms with Crippen molar-refractivity contribution in [2.24, 2.45) is 0 Å². The minimum absolute atomic E-state index is 0.241. The lowest BCUT2D eigenvalue weighted by atomic mass is 10.2. The second-order valence-corrected chi connectivity index (χ2v) is 4.54. The predicted molar refractivity (Wildman–Crippen MR) is 75.1 cm³/mol. The molecule has 3 N–H and O–H groups in total. The SMILES string of the molecule is CCNc1cc(NCCCCO)nc(C(C)C)n1. The maximum absolute atomic E-state index is 8.73. The van der Waals surface area contributed by atoms with Gasteiger partial charge in [0, 0.05) is 31.7 Å². The van der Waals surface area contributed by atoms with E-state index in [2.05, 4.69) is 34.4 Å². The van der Waals surface area contributed by atoms with Crippen LogP contribution in [-0.4, -0.2) is 34.8 Å². The highest BCUT2D eigenvalue weighted by molar-refractivity contribution is 5.47. The Morgan fingerprint density at radius 3 is 2.39 bits per heavy atom. The van der Waals surface area contributed by atoms with Crippen molar-refractivity contribution in [3.63, 3.8) is 0 Å². The second kappa shape index (κ2) is 7.87. The van der Waals surface area contributed by atoms with Crippen molar-refractivity contribution in [3.05, 3.63) is 11.9 Å². The maximum atomic E-state index is 8.73. The van der Waals surface area contributed by atoms with Gasteiger partial charge in [-0.05, 0) is 19.8 Å². The van der Waals surface area contributed by atoms with Gasteiger partial charge in [0.15, 0.2) is 0 Å². The highest BCUT2D eigenvalue weighted by Crippen LogP contribution is 2.16. The van der Waals surface area contributed by atoms with Crippen LogP contribution in [0, 0.1) is 0 Å². The molecular weight excluding hydrogens is 228 g/mol. The normalized spacial score (nSPS) is 10.7. The van der Waals surface area contributed by atoms with Crippen LogP contribution in [0.2, 0.25) is 0 Å². The van der Waals surface area contributed by atoms with Gasteiger partial charge in [0.2, 0.25) is 0 Å². The molecule has 1 heterocycles. The number of unbranched alkanes of at least 4 members (excludes halogenated alkanes) is 1. The van der Waals surface area contributed by atoms with Crippen molar-refractivity contribution < 1.29 is 5.11 Å². The molecule has 0 unspecified atom stereocenters. The average Bonchev–Trinajstić information content (AvgIpc) is 2.35. The van der Waals surface area contributed by atoms with Gasteiger partial charge in [0.25, 0.3) is 0 Å². The number of hydrogen-bond acceptors (Lipinski definition) is 5. The first-order chi connectivity index (χ1) is 8.67. The monoisotopic (exact) mass is 252 g/mol. The fourth-order valence-electron chi connectivity index (χ4n) is 1.54. The fraction of sp³-hybridized carbons (Fsp3) is 0.692. The number of aromatic nitrogens is 2. The lowest BCUT2D eigenvalue weighted by Gasteiger charge is -2.12. The number of aliphatic hydroxyl groups excluding tert-OH is 1. The van der Waals surface area contributed by atoms with Crippen LogP contribution in [0.5, 0.6) is 0 Å². The van der Waals surface area contributed by atoms with E-state index in [1.54, 1.807) is 0 Å². The smallest absolute Gasteiger partial charge is 0.135 e. The Labute approximate surface area is 109 Å². The molecule has 0 atom stereocenters. The third-order valence-electron chi connectivity index (χ3n) is 2.51. The molecule has 1 rings (SSSR count). The van der Waals surface area contributed by atoms with Gasteiger partial charge in [-0.3, -0.25) is 0 Å². The zero-order chi connectivity index (χ0) is 13.4. The highest BCUT2D eigenvalue weighted by Gasteiger charge is 2.07. The third-order valence-corrected chi connectivity index (χ3v) is 2.51. The van der Waals surface area contributed by atoms with Crippen molar-refractivity contribution >= 4 is 11.6 Å². The van der Waals surface area contributed by atoms with Crippen LogP contribution in [0.1, 0.15) is 45.4 Å². The van der Waals surface area contributed by atoms with Crippen molar-refractivity contribution in [2.75, 3.05) is 30.3 Å². The lowest BCUT2D eigenvalue weighted by molar-refractivity contribution is 0.286. The molecule has 18 heavy (non-hydrogen) atoms. The van der Waals surface area contributed by atoms with Gasteiger partial charge in [-0.1, -0.05) is 13.8 Å². The van der Waals surface area contributed by atoms with Gasteiger partial charge in [0.05, 0.1) is 0 Å². The fourth-order valence-corrected chi connectivity index (χ4v) is 1.54. The number of hydrogen-bond donors (Lipinski definition) is 3. The molecule has 0 aliphatic carbocycles. The van der Waals surface area contributed by atoms with Gasteiger partial charge >= 0.3 is 0 Å². The molecule has 0 aliphatic rings. The third kappa shape index (κ3) is 4.87. The molecule has 0 aliphatic heterocycles. The average molecular weight is 252 g/mol. The van der Waals surface area contributed by atoms with Crippen molar-refractivity contribution in [1.29, 1.82) is 0 Å². The van der Waals surface area contributed by atoms with Crippen molar-refractivity contribution in [2.45, 2.75) is 39.5 Å². The first kappa shape index (κ1) is 14.7. The van der Waals surface area contributed by atoms with E-state index in [-0.39, 0.29) is 6.61 Å². The van der Waals surface area contributed by atoms with E-state index in [4.69, 9.17) is 5.11 Å². The molecular formula is C13H24N4O. The van der Waals surface area contributed by atoms with E-state index in [1.807, 2.05) is 13.0 Å². The number of nitrogens with zero attached hydrogens (tertiary/aromatic N) is 2. The standard InChI is InChI=1S/C13H24N4O/c1-4-14-11-9-12(15-7-5-6-8-18)17-13(16-11)10(2)3/h9-10,18H,4-8H2,1-3H3,(H2,14,15,16,17). The molecule has 0 aromatic carbocycles. The summed E-state index contributed by atoms with van der Waals surface area (Å²) < 4.78 is 0. The lowest BCUT2D eigenvalue weighted by Crippen LogP contribution is -2.10. The van der Waals surface area contributed by atoms with Gasteiger partial charge in [-0.15, -0.1) is 0 Å². The van der Waals surface area contributed by atoms with Gasteiger partial charge in [-0.25, -0.2) is 9.97 Å². The highest BCUT2D eigenvalue weighted by atomic mass is 16.2. The Hall–Kier alpha value is -1.36. The Kier molecular flexibility index (Phi) is 6.43. The maximum Gasteiger partial charge on any atom is 0.135 e. The summed E-state index contributed by atoms with van der Waals surface area (Å²) in [4.78, 5) is 8.95. The molecule has 102 valence electrons. The summed E-state index contributed by atoms with van der Waals surface area (Å²) in [6.07, 6.45) is 1.75. The minimum atomic E-state index is 0.241. The van der Waals surface area contributed by atoms with E-state index in [9.17, 15) is 0 Å². The summed E-state index contributed by atoms with van der Waals surface area (Å²) in [5.41, 5.74) is 0. The number of rotatable bonds is 8. The molecule has 0 fully saturated rings. The first-order valence-electron chi connectivity index (χ1n) is 6.65. The molecule has 0 amide bonds. The molecule has 0 saturated carbocycles. The van der Waals surface area contributed by atoms with E-state index in [1.165, 1.54) is 0 Å². The molecule has 1 aromatic heterocycles. The van der Waals surface area contributed by atoms with Crippen LogP contribution in [0.3, 0.4) is 0 Å². The van der Waals surface area contributed by atoms with Gasteiger partial charge in [0.1, 0.15) is 17.5 Å². The Bertz CT molecular complexity index is 355. The summed E-state index contributed by atoms with van der Waals surface area (Å²) >= 11 is 0. The van der Waals surface area contributed by atoms with Crippen LogP contribution in [0.25, 0.3) is 0 Å². The van der Waals surface area contributed by atoms with Crippen LogP contribution < -0.4 is 10.6 Å². The zero-order valence-corrected chi connectivity index (χ0v) is 11.5. The van der Waals surface area contributed by atoms with Crippen LogP contribution in [0.4, 0.5) is 11.6 Å². The van der Waals surface area contributed by atoms with Crippen molar-refractivity contribution in [3.8, 4) is 0 Å². The predicted octanol–water partition coefficient (Wildman–Crippen LogP) is 2.22. The summed E-state index contributed by atoms with van der Waals surface area (Å²) in [6.45, 7) is 8.12. The molecule has 1 aromatic rings. The Morgan fingerprint density at radius 1 is 1.17 bits per heavy atom. The van der Waals surface area contributed by atoms with Crippen LogP contribution in [-0.2, 0) is 0 Å². The summed E-state index contributed by atoms with van der Waals surface area (Å²) in [6, 6.07) is 1.92. The molecule has 0 radical (unpaired) electrons. The molecule has 5 heteroatoms. The van der Waals surface area contributed by atoms with Crippen molar-refractivity contribution in [1.82, 2.24) is 9.97 Å². The van der Waals surface area contributed by atoms with Crippen LogP contribution >= 0.6 is 0 Å². The van der Waals surface area contributed by atoms with E-state index >= 15 is 0 Å². The summed E-state index contributed by atoms with van der Waals surface area (Å²) in [5.74, 6) is 2.86. The molecule has 0 spiro atoms. The van der Waals surface area contributed by atoms with E-state index in [0.717, 1.165) is 43.4 Å². The Morgan fingerprint density at radius 2 is 1.83 bits per heavy atom. The number of nitrogens with one attached hydrogen (secondary N) is 2. The first-order valence-corrected chi connectivity index (χ1v) is 6.65. The topological polar surface area (TPSA) is 70.1 Å². The van der Waals surface area contributed by atoms with Crippen LogP contribution in [0.15, 0.2) is 6.07 Å². The second-order valence-electron chi connectivity index (χ2n) is 4.54. The quantitative estimate of drug-likeness (QED) is 0.619. The Balaban J connectivity index is 2.69. The summed E-state index contributed by atoms with van der Waals surface area (Å²) in [7, 11) is 0. The van der Waals surface area contributed by atoms with E-state index < -0.39 is 0 Å². The van der Waals surface area contributed by atoms with E-state index in [0.29, 0.717) is 5.92 Å². The molecule has 0 saturated heterocycles. The van der Waals surface area contributed by atoms with Gasteiger partial charge < -0.3 is 15.7 Å². The molecule has 5 nitrogen and oxygen atoms in total. The molecule has 0 bridgehead atoms. The largest absolute Gasteiger partial charge is 0.396 e. The number of aliphatic hydroxyl groups is 1. The van der Waals surface area contributed by atoms with Gasteiger partial charge in [-0.2, -0.15) is 0 Å². The minimum Gasteiger partial charge on any atom is -0.396 e. The zero-order valence-electron chi connectivity index (χ0n) is 11.5. The number of anilines is 2. The summed E-state index contributed by atoms with van der Waals surface area (Å²) in [5, 5.41) is 15.2.